The minimum absolute atomic E-state index is 0.0112. The van der Waals surface area contributed by atoms with E-state index >= 15 is 0 Å². The summed E-state index contributed by atoms with van der Waals surface area (Å²) in [6, 6.07) is 16.1. The summed E-state index contributed by atoms with van der Waals surface area (Å²) < 4.78 is 13.1. The lowest BCUT2D eigenvalue weighted by molar-refractivity contribution is -0.138. The molecule has 158 valence electrons. The second kappa shape index (κ2) is 9.39. The van der Waals surface area contributed by atoms with Gasteiger partial charge in [-0.25, -0.2) is 4.39 Å². The molecule has 2 amide bonds. The first-order valence-corrected chi connectivity index (χ1v) is 10.7. The fraction of sp³-hybridized carbons (Fsp3) is 0.417. The standard InChI is InChI=1S/C24H28FN3O2/c25-22-8-6-20(7-9-22)23(29)27-12-10-21(11-13-27)24(30)28-16-14-26(15-17-28)18-19-4-2-1-3-5-19/h1-9,21H,10-18H2. The SMILES string of the molecule is O=C(c1ccc(F)cc1)N1CCC(C(=O)N2CCN(Cc3ccccc3)CC2)CC1. The number of carbonyl (C=O) groups excluding carboxylic acids is 2. The van der Waals surface area contributed by atoms with Gasteiger partial charge >= 0.3 is 0 Å². The molecular weight excluding hydrogens is 381 g/mol. The number of hydrogen-bond acceptors (Lipinski definition) is 3. The number of carbonyl (C=O) groups is 2. The predicted octanol–water partition coefficient (Wildman–Crippen LogP) is 3.02. The van der Waals surface area contributed by atoms with Gasteiger partial charge in [-0.2, -0.15) is 0 Å². The van der Waals surface area contributed by atoms with Crippen LogP contribution in [-0.2, 0) is 11.3 Å². The Bertz CT molecular complexity index is 856. The minimum atomic E-state index is -0.347. The highest BCUT2D eigenvalue weighted by molar-refractivity contribution is 5.94. The van der Waals surface area contributed by atoms with Gasteiger partial charge in [-0.15, -0.1) is 0 Å². The summed E-state index contributed by atoms with van der Waals surface area (Å²) in [5.41, 5.74) is 1.80. The Morgan fingerprint density at radius 1 is 0.800 bits per heavy atom. The van der Waals surface area contributed by atoms with E-state index in [1.807, 2.05) is 11.0 Å². The summed E-state index contributed by atoms with van der Waals surface area (Å²) in [7, 11) is 0. The lowest BCUT2D eigenvalue weighted by atomic mass is 9.94. The highest BCUT2D eigenvalue weighted by Gasteiger charge is 2.31. The molecule has 2 saturated heterocycles. The van der Waals surface area contributed by atoms with Crippen LogP contribution in [0.5, 0.6) is 0 Å². The Kier molecular flexibility index (Phi) is 6.43. The molecule has 6 heteroatoms. The van der Waals surface area contributed by atoms with E-state index in [4.69, 9.17) is 0 Å². The van der Waals surface area contributed by atoms with Crippen LogP contribution in [0.25, 0.3) is 0 Å². The first kappa shape index (κ1) is 20.5. The van der Waals surface area contributed by atoms with Gasteiger partial charge in [-0.1, -0.05) is 30.3 Å². The summed E-state index contributed by atoms with van der Waals surface area (Å²) in [6.07, 6.45) is 1.38. The van der Waals surface area contributed by atoms with E-state index in [2.05, 4.69) is 29.2 Å². The van der Waals surface area contributed by atoms with Crippen LogP contribution in [0.3, 0.4) is 0 Å². The molecule has 4 rings (SSSR count). The van der Waals surface area contributed by atoms with Crippen LogP contribution >= 0.6 is 0 Å². The summed E-state index contributed by atoms with van der Waals surface area (Å²) >= 11 is 0. The highest BCUT2D eigenvalue weighted by atomic mass is 19.1. The maximum Gasteiger partial charge on any atom is 0.253 e. The van der Waals surface area contributed by atoms with E-state index in [-0.39, 0.29) is 23.5 Å². The smallest absolute Gasteiger partial charge is 0.253 e. The van der Waals surface area contributed by atoms with Gasteiger partial charge in [0.25, 0.3) is 5.91 Å². The summed E-state index contributed by atoms with van der Waals surface area (Å²) in [5.74, 6) is -0.221. The van der Waals surface area contributed by atoms with Crippen molar-refractivity contribution in [2.75, 3.05) is 39.3 Å². The van der Waals surface area contributed by atoms with Crippen LogP contribution in [0.4, 0.5) is 4.39 Å². The number of rotatable bonds is 4. The highest BCUT2D eigenvalue weighted by Crippen LogP contribution is 2.22. The van der Waals surface area contributed by atoms with Gasteiger partial charge in [0.1, 0.15) is 5.82 Å². The summed E-state index contributed by atoms with van der Waals surface area (Å²) in [4.78, 5) is 31.7. The third kappa shape index (κ3) is 4.87. The molecule has 0 saturated carbocycles. The maximum atomic E-state index is 13.1. The monoisotopic (exact) mass is 409 g/mol. The van der Waals surface area contributed by atoms with Gasteiger partial charge in [0.05, 0.1) is 0 Å². The minimum Gasteiger partial charge on any atom is -0.340 e. The topological polar surface area (TPSA) is 43.9 Å². The van der Waals surface area contributed by atoms with Crippen molar-refractivity contribution in [2.24, 2.45) is 5.92 Å². The van der Waals surface area contributed by atoms with E-state index in [0.29, 0.717) is 31.5 Å². The molecule has 2 heterocycles. The molecule has 0 atom stereocenters. The van der Waals surface area contributed by atoms with Crippen molar-refractivity contribution in [3.8, 4) is 0 Å². The third-order valence-corrected chi connectivity index (χ3v) is 6.16. The number of likely N-dealkylation sites (tertiary alicyclic amines) is 1. The van der Waals surface area contributed by atoms with Gasteiger partial charge in [0.2, 0.25) is 5.91 Å². The Morgan fingerprint density at radius 2 is 1.43 bits per heavy atom. The molecule has 2 aliphatic rings. The third-order valence-electron chi connectivity index (χ3n) is 6.16. The molecule has 2 aromatic rings. The normalized spacial score (nSPS) is 18.4. The van der Waals surface area contributed by atoms with Crippen molar-refractivity contribution < 1.29 is 14.0 Å². The van der Waals surface area contributed by atoms with E-state index in [1.165, 1.54) is 29.8 Å². The van der Waals surface area contributed by atoms with Gasteiger partial charge in [0.15, 0.2) is 0 Å². The number of piperazine rings is 1. The molecule has 0 radical (unpaired) electrons. The van der Waals surface area contributed by atoms with Crippen molar-refractivity contribution in [3.05, 3.63) is 71.5 Å². The molecule has 2 aliphatic heterocycles. The van der Waals surface area contributed by atoms with Crippen molar-refractivity contribution >= 4 is 11.8 Å². The van der Waals surface area contributed by atoms with Crippen LogP contribution in [-0.4, -0.2) is 65.8 Å². The Morgan fingerprint density at radius 3 is 2.07 bits per heavy atom. The quantitative estimate of drug-likeness (QED) is 0.780. The molecule has 0 spiro atoms. The summed E-state index contributed by atoms with van der Waals surface area (Å²) in [6.45, 7) is 5.37. The van der Waals surface area contributed by atoms with Crippen molar-refractivity contribution in [1.29, 1.82) is 0 Å². The lowest BCUT2D eigenvalue weighted by Crippen LogP contribution is -2.51. The number of hydrogen-bond donors (Lipinski definition) is 0. The molecule has 2 fully saturated rings. The number of benzene rings is 2. The molecule has 30 heavy (non-hydrogen) atoms. The zero-order valence-electron chi connectivity index (χ0n) is 17.2. The zero-order valence-corrected chi connectivity index (χ0v) is 17.2. The Hall–Kier alpha value is -2.73. The molecule has 0 unspecified atom stereocenters. The van der Waals surface area contributed by atoms with E-state index in [0.717, 1.165) is 32.7 Å². The lowest BCUT2D eigenvalue weighted by Gasteiger charge is -2.38. The molecule has 2 aromatic carbocycles. The number of nitrogens with zero attached hydrogens (tertiary/aromatic N) is 3. The number of amides is 2. The number of halogens is 1. The van der Waals surface area contributed by atoms with Crippen molar-refractivity contribution in [3.63, 3.8) is 0 Å². The molecule has 0 N–H and O–H groups in total. The molecular formula is C24H28FN3O2. The van der Waals surface area contributed by atoms with Gasteiger partial charge in [-0.05, 0) is 42.7 Å². The second-order valence-electron chi connectivity index (χ2n) is 8.16. The van der Waals surface area contributed by atoms with Crippen molar-refractivity contribution in [2.45, 2.75) is 19.4 Å². The average Bonchev–Trinajstić information content (AvgIpc) is 2.80. The number of piperidine rings is 1. The predicted molar refractivity (Wildman–Crippen MR) is 113 cm³/mol. The largest absolute Gasteiger partial charge is 0.340 e. The van der Waals surface area contributed by atoms with Gasteiger partial charge < -0.3 is 9.80 Å². The zero-order chi connectivity index (χ0) is 20.9. The van der Waals surface area contributed by atoms with Crippen LogP contribution in [0.15, 0.2) is 54.6 Å². The first-order valence-electron chi connectivity index (χ1n) is 10.7. The van der Waals surface area contributed by atoms with Crippen molar-refractivity contribution in [1.82, 2.24) is 14.7 Å². The molecule has 0 bridgehead atoms. The van der Waals surface area contributed by atoms with Crippen LogP contribution in [0, 0.1) is 11.7 Å². The van der Waals surface area contributed by atoms with Gasteiger partial charge in [-0.3, -0.25) is 14.5 Å². The fourth-order valence-corrected chi connectivity index (χ4v) is 4.33. The fourth-order valence-electron chi connectivity index (χ4n) is 4.33. The van der Waals surface area contributed by atoms with Gasteiger partial charge in [0, 0.05) is 57.3 Å². The van der Waals surface area contributed by atoms with Crippen LogP contribution in [0.2, 0.25) is 0 Å². The Labute approximate surface area is 177 Å². The second-order valence-corrected chi connectivity index (χ2v) is 8.16. The van der Waals surface area contributed by atoms with E-state index in [1.54, 1.807) is 4.90 Å². The first-order chi connectivity index (χ1) is 14.6. The Balaban J connectivity index is 1.24. The van der Waals surface area contributed by atoms with Crippen LogP contribution in [0.1, 0.15) is 28.8 Å². The van der Waals surface area contributed by atoms with Crippen LogP contribution < -0.4 is 0 Å². The molecule has 0 aliphatic carbocycles. The van der Waals surface area contributed by atoms with E-state index in [9.17, 15) is 14.0 Å². The summed E-state index contributed by atoms with van der Waals surface area (Å²) in [5, 5.41) is 0. The molecule has 5 nitrogen and oxygen atoms in total. The average molecular weight is 410 g/mol. The molecule has 0 aromatic heterocycles. The maximum absolute atomic E-state index is 13.1. The van der Waals surface area contributed by atoms with E-state index < -0.39 is 0 Å².